The standard InChI is InChI=1S/C83H135N3O12/c1-63(2)31-19-13-25-47-93-75-59-71(60-76(94-48-26-14-20-32-64(3)4)80(75)97-51-29-17-23-35-67(9)10)82(87)85-45-53-89-55-57-91-73-41-37-69(38-42-73)79(84)70-39-43-74(44-40-70)92-58-56-90-54-46-86-83(88)72-61-77(95-49-27-15-21-33-65(5)6)81(98-52-30-18-24-36-68(11)12)78(62-72)96-50-28-16-22-34-66(7)8/h37-44,59-68,79H,13-36,45-58,84H2,1-12H3,(H,85,87)(H,86,88). The number of carbonyl (C=O) groups is 2. The third-order valence-corrected chi connectivity index (χ3v) is 17.2. The zero-order valence-electron chi connectivity index (χ0n) is 63.3. The molecule has 0 aromatic heterocycles. The van der Waals surface area contributed by atoms with Crippen molar-refractivity contribution in [3.8, 4) is 46.0 Å². The highest BCUT2D eigenvalue weighted by molar-refractivity contribution is 5.96. The number of amides is 2. The van der Waals surface area contributed by atoms with Crippen LogP contribution in [0.25, 0.3) is 0 Å². The zero-order valence-corrected chi connectivity index (χ0v) is 63.3. The summed E-state index contributed by atoms with van der Waals surface area (Å²) < 4.78 is 62.4. The van der Waals surface area contributed by atoms with Crippen molar-refractivity contribution in [1.82, 2.24) is 10.6 Å². The number of hydrogen-bond acceptors (Lipinski definition) is 13. The van der Waals surface area contributed by atoms with Gasteiger partial charge >= 0.3 is 0 Å². The third kappa shape index (κ3) is 38.6. The molecule has 0 aliphatic rings. The number of nitrogens with one attached hydrogen (secondary N) is 2. The maximum Gasteiger partial charge on any atom is 0.251 e. The van der Waals surface area contributed by atoms with Gasteiger partial charge in [-0.15, -0.1) is 0 Å². The van der Waals surface area contributed by atoms with Crippen LogP contribution in [0.15, 0.2) is 72.8 Å². The highest BCUT2D eigenvalue weighted by Gasteiger charge is 2.22. The lowest BCUT2D eigenvalue weighted by molar-refractivity contribution is 0.0861. The molecule has 4 N–H and O–H groups in total. The van der Waals surface area contributed by atoms with Gasteiger partial charge in [-0.2, -0.15) is 0 Å². The smallest absolute Gasteiger partial charge is 0.251 e. The molecule has 0 fully saturated rings. The molecular weight excluding hydrogens is 1230 g/mol. The first-order chi connectivity index (χ1) is 47.4. The van der Waals surface area contributed by atoms with Gasteiger partial charge in [0.2, 0.25) is 11.5 Å². The number of unbranched alkanes of at least 4 members (excludes halogenated alkanes) is 12. The minimum Gasteiger partial charge on any atom is -0.491 e. The summed E-state index contributed by atoms with van der Waals surface area (Å²) in [5, 5.41) is 6.06. The molecule has 0 heterocycles. The first kappa shape index (κ1) is 84.5. The van der Waals surface area contributed by atoms with Gasteiger partial charge in [-0.25, -0.2) is 0 Å². The molecule has 15 heteroatoms. The van der Waals surface area contributed by atoms with Crippen LogP contribution in [0.4, 0.5) is 0 Å². The average molecular weight is 1370 g/mol. The van der Waals surface area contributed by atoms with Gasteiger partial charge in [-0.3, -0.25) is 9.59 Å². The molecule has 98 heavy (non-hydrogen) atoms. The fraction of sp³-hybridized carbons (Fsp3) is 0.687. The van der Waals surface area contributed by atoms with Crippen LogP contribution in [0.1, 0.15) is 275 Å². The van der Waals surface area contributed by atoms with E-state index in [1.54, 1.807) is 24.3 Å². The van der Waals surface area contributed by atoms with E-state index in [2.05, 4.69) is 93.7 Å². The van der Waals surface area contributed by atoms with Crippen LogP contribution in [0.5, 0.6) is 46.0 Å². The molecule has 0 aliphatic heterocycles. The molecule has 4 rings (SSSR count). The zero-order chi connectivity index (χ0) is 71.0. The van der Waals surface area contributed by atoms with E-state index in [1.165, 1.54) is 51.4 Å². The summed E-state index contributed by atoms with van der Waals surface area (Å²) in [4.78, 5) is 27.5. The Morgan fingerprint density at radius 1 is 0.306 bits per heavy atom. The summed E-state index contributed by atoms with van der Waals surface area (Å²) in [5.41, 5.74) is 9.55. The average Bonchev–Trinajstić information content (AvgIpc) is 0.827. The van der Waals surface area contributed by atoms with Gasteiger partial charge in [0.05, 0.1) is 72.1 Å². The Labute approximate surface area is 594 Å². The van der Waals surface area contributed by atoms with Crippen molar-refractivity contribution < 1.29 is 57.0 Å². The van der Waals surface area contributed by atoms with Gasteiger partial charge in [0, 0.05) is 24.2 Å². The van der Waals surface area contributed by atoms with Crippen molar-refractivity contribution in [1.29, 1.82) is 0 Å². The van der Waals surface area contributed by atoms with Crippen LogP contribution in [0.2, 0.25) is 0 Å². The van der Waals surface area contributed by atoms with E-state index in [0.717, 1.165) is 114 Å². The minimum atomic E-state index is -0.352. The molecule has 554 valence electrons. The molecule has 0 spiro atoms. The fourth-order valence-electron chi connectivity index (χ4n) is 11.2. The number of rotatable bonds is 60. The van der Waals surface area contributed by atoms with Gasteiger partial charge < -0.3 is 63.7 Å². The topological polar surface area (TPSA) is 177 Å². The van der Waals surface area contributed by atoms with Crippen LogP contribution >= 0.6 is 0 Å². The van der Waals surface area contributed by atoms with Gasteiger partial charge in [-0.1, -0.05) is 223 Å². The Morgan fingerprint density at radius 3 is 0.816 bits per heavy atom. The van der Waals surface area contributed by atoms with E-state index < -0.39 is 0 Å². The monoisotopic (exact) mass is 1370 g/mol. The number of carbonyl (C=O) groups excluding carboxylic acids is 2. The van der Waals surface area contributed by atoms with Crippen molar-refractivity contribution in [2.24, 2.45) is 41.2 Å². The molecule has 0 bridgehead atoms. The van der Waals surface area contributed by atoms with Gasteiger partial charge in [0.25, 0.3) is 11.8 Å². The summed E-state index contributed by atoms with van der Waals surface area (Å²) in [5.74, 6) is 8.43. The lowest BCUT2D eigenvalue weighted by Crippen LogP contribution is -2.28. The predicted octanol–water partition coefficient (Wildman–Crippen LogP) is 20.0. The number of hydrogen-bond donors (Lipinski definition) is 3. The molecule has 0 radical (unpaired) electrons. The second-order valence-electron chi connectivity index (χ2n) is 29.2. The fourth-order valence-corrected chi connectivity index (χ4v) is 11.2. The normalized spacial score (nSPS) is 11.6. The van der Waals surface area contributed by atoms with E-state index in [-0.39, 0.29) is 17.9 Å². The lowest BCUT2D eigenvalue weighted by atomic mass is 9.99. The quantitative estimate of drug-likeness (QED) is 0.0356. The Balaban J connectivity index is 1.22. The minimum absolute atomic E-state index is 0.228. The van der Waals surface area contributed by atoms with Crippen LogP contribution in [0, 0.1) is 35.5 Å². The van der Waals surface area contributed by atoms with Crippen molar-refractivity contribution in [3.05, 3.63) is 95.1 Å². The second kappa shape index (κ2) is 52.1. The maximum atomic E-state index is 13.7. The first-order valence-corrected chi connectivity index (χ1v) is 38.5. The van der Waals surface area contributed by atoms with Gasteiger partial charge in [-0.05, 0) is 134 Å². The SMILES string of the molecule is CC(C)CCCCCOc1cc(C(=O)NCCOCCOc2ccc(C(N)c3ccc(OCCOCCNC(=O)c4cc(OCCCCCC(C)C)c(OCCCCCC(C)C)c(OCCCCCC(C)C)c4)cc3)cc2)cc(OCCCCCC(C)C)c1OCCCCCC(C)C. The molecule has 0 aliphatic carbocycles. The molecular formula is C83H135N3O12. The van der Waals surface area contributed by atoms with Crippen LogP contribution in [-0.4, -0.2) is 104 Å². The first-order valence-electron chi connectivity index (χ1n) is 38.5. The van der Waals surface area contributed by atoms with Crippen molar-refractivity contribution >= 4 is 11.8 Å². The predicted molar refractivity (Wildman–Crippen MR) is 402 cm³/mol. The largest absolute Gasteiger partial charge is 0.491 e. The molecule has 15 nitrogen and oxygen atoms in total. The summed E-state index contributed by atoms with van der Waals surface area (Å²) in [7, 11) is 0. The van der Waals surface area contributed by atoms with E-state index in [4.69, 9.17) is 53.1 Å². The maximum absolute atomic E-state index is 13.7. The summed E-state index contributed by atoms with van der Waals surface area (Å²) in [6, 6.07) is 22.4. The Morgan fingerprint density at radius 2 is 0.561 bits per heavy atom. The highest BCUT2D eigenvalue weighted by atomic mass is 16.6. The van der Waals surface area contributed by atoms with Gasteiger partial charge in [0.15, 0.2) is 23.0 Å². The van der Waals surface area contributed by atoms with E-state index in [1.807, 2.05) is 48.5 Å². The third-order valence-electron chi connectivity index (χ3n) is 17.2. The molecule has 0 saturated heterocycles. The Hall–Kier alpha value is -5.90. The van der Waals surface area contributed by atoms with E-state index >= 15 is 0 Å². The van der Waals surface area contributed by atoms with Gasteiger partial charge in [0.1, 0.15) is 24.7 Å². The summed E-state index contributed by atoms with van der Waals surface area (Å²) in [6.07, 6.45) is 26.3. The van der Waals surface area contributed by atoms with Crippen molar-refractivity contribution in [3.63, 3.8) is 0 Å². The summed E-state index contributed by atoms with van der Waals surface area (Å²) in [6.45, 7) is 33.1. The molecule has 0 unspecified atom stereocenters. The summed E-state index contributed by atoms with van der Waals surface area (Å²) >= 11 is 0. The lowest BCUT2D eigenvalue weighted by Gasteiger charge is -2.19. The molecule has 0 atom stereocenters. The molecule has 4 aromatic carbocycles. The van der Waals surface area contributed by atoms with E-state index in [0.29, 0.717) is 185 Å². The Bertz CT molecular complexity index is 2410. The number of benzene rings is 4. The van der Waals surface area contributed by atoms with E-state index in [9.17, 15) is 9.59 Å². The number of nitrogens with two attached hydrogens (primary N) is 1. The number of ether oxygens (including phenoxy) is 10. The second-order valence-corrected chi connectivity index (χ2v) is 29.2. The van der Waals surface area contributed by atoms with Crippen molar-refractivity contribution in [2.75, 3.05) is 92.4 Å². The Kier molecular flexibility index (Phi) is 45.0. The molecule has 0 saturated carbocycles. The molecule has 4 aromatic rings. The van der Waals surface area contributed by atoms with Crippen molar-refractivity contribution in [2.45, 2.75) is 243 Å². The molecule has 2 amide bonds. The highest BCUT2D eigenvalue weighted by Crippen LogP contribution is 2.41. The van der Waals surface area contributed by atoms with Crippen LogP contribution in [-0.2, 0) is 9.47 Å². The van der Waals surface area contributed by atoms with Crippen LogP contribution < -0.4 is 54.3 Å². The van der Waals surface area contributed by atoms with Crippen LogP contribution in [0.3, 0.4) is 0 Å².